The minimum absolute atomic E-state index is 0.236. The van der Waals surface area contributed by atoms with Crippen LogP contribution in [0, 0.1) is 0 Å². The van der Waals surface area contributed by atoms with Crippen LogP contribution in [-0.2, 0) is 4.74 Å². The maximum atomic E-state index is 12.1. The molecule has 7 heteroatoms. The molecule has 0 aliphatic rings. The molecule has 0 aliphatic carbocycles. The van der Waals surface area contributed by atoms with Gasteiger partial charge in [-0.05, 0) is 31.5 Å². The number of carbonyl (C=O) groups is 2. The number of rotatable bonds is 8. The molecule has 1 aromatic heterocycles. The molecule has 0 radical (unpaired) electrons. The number of hydrogen-bond acceptors (Lipinski definition) is 6. The number of nitrogens with zero attached hydrogens (tertiary/aromatic N) is 2. The minimum atomic E-state index is -0.431. The highest BCUT2D eigenvalue weighted by Crippen LogP contribution is 2.19. The lowest BCUT2D eigenvalue weighted by Crippen LogP contribution is -2.25. The second-order valence-electron chi connectivity index (χ2n) is 5.27. The number of hydrogen-bond donors (Lipinski definition) is 2. The van der Waals surface area contributed by atoms with Crippen molar-refractivity contribution in [3.63, 3.8) is 0 Å². The largest absolute Gasteiger partial charge is 0.462 e. The fourth-order valence-corrected chi connectivity index (χ4v) is 2.11. The molecule has 0 atom stereocenters. The van der Waals surface area contributed by atoms with Crippen LogP contribution in [-0.4, -0.2) is 35.0 Å². The molecule has 1 amide bonds. The molecule has 0 spiro atoms. The topological polar surface area (TPSA) is 93.2 Å². The van der Waals surface area contributed by atoms with Crippen molar-refractivity contribution in [2.45, 2.75) is 26.7 Å². The van der Waals surface area contributed by atoms with Crippen molar-refractivity contribution >= 4 is 23.5 Å². The molecular formula is C18H22N4O3. The van der Waals surface area contributed by atoms with Gasteiger partial charge >= 0.3 is 5.97 Å². The van der Waals surface area contributed by atoms with E-state index in [1.165, 1.54) is 6.20 Å². The number of esters is 1. The fraction of sp³-hybridized carbons (Fsp3) is 0.333. The van der Waals surface area contributed by atoms with E-state index in [4.69, 9.17) is 4.74 Å². The van der Waals surface area contributed by atoms with Crippen LogP contribution in [0.5, 0.6) is 0 Å². The first kappa shape index (κ1) is 18.4. The van der Waals surface area contributed by atoms with Crippen LogP contribution in [0.4, 0.5) is 11.6 Å². The second kappa shape index (κ2) is 9.36. The average Bonchev–Trinajstić information content (AvgIpc) is 2.63. The zero-order chi connectivity index (χ0) is 18.1. The van der Waals surface area contributed by atoms with E-state index in [9.17, 15) is 9.59 Å². The predicted molar refractivity (Wildman–Crippen MR) is 95.0 cm³/mol. The van der Waals surface area contributed by atoms with Gasteiger partial charge in [-0.3, -0.25) is 4.79 Å². The maximum absolute atomic E-state index is 12.1. The summed E-state index contributed by atoms with van der Waals surface area (Å²) in [7, 11) is 0. The van der Waals surface area contributed by atoms with E-state index in [0.29, 0.717) is 17.8 Å². The molecule has 0 unspecified atom stereocenters. The Hall–Kier alpha value is -2.96. The van der Waals surface area contributed by atoms with Crippen molar-refractivity contribution in [1.29, 1.82) is 0 Å². The van der Waals surface area contributed by atoms with Crippen molar-refractivity contribution in [3.05, 3.63) is 47.8 Å². The summed E-state index contributed by atoms with van der Waals surface area (Å²) in [6.45, 7) is 4.70. The number of benzene rings is 1. The highest BCUT2D eigenvalue weighted by atomic mass is 16.5. The van der Waals surface area contributed by atoms with Crippen LogP contribution in [0.2, 0.25) is 0 Å². The van der Waals surface area contributed by atoms with E-state index in [2.05, 4.69) is 27.5 Å². The Bertz CT molecular complexity index is 734. The Morgan fingerprint density at radius 3 is 2.72 bits per heavy atom. The Balaban J connectivity index is 2.15. The number of ether oxygens (including phenoxy) is 1. The molecular weight excluding hydrogens is 320 g/mol. The lowest BCUT2D eigenvalue weighted by Gasteiger charge is -2.10. The molecule has 0 fully saturated rings. The SMILES string of the molecule is CCCCNC(=O)c1ccnc(Nc2ccccc2C(=O)OCC)n1. The van der Waals surface area contributed by atoms with Gasteiger partial charge in [0.15, 0.2) is 0 Å². The van der Waals surface area contributed by atoms with Crippen LogP contribution in [0.25, 0.3) is 0 Å². The Morgan fingerprint density at radius 2 is 1.96 bits per heavy atom. The van der Waals surface area contributed by atoms with E-state index < -0.39 is 5.97 Å². The normalized spacial score (nSPS) is 10.2. The third-order valence-corrected chi connectivity index (χ3v) is 3.37. The predicted octanol–water partition coefficient (Wildman–Crippen LogP) is 2.93. The van der Waals surface area contributed by atoms with Crippen LogP contribution < -0.4 is 10.6 Å². The van der Waals surface area contributed by atoms with Gasteiger partial charge in [-0.1, -0.05) is 25.5 Å². The summed E-state index contributed by atoms with van der Waals surface area (Å²) in [6.07, 6.45) is 3.41. The number of anilines is 2. The van der Waals surface area contributed by atoms with Crippen molar-refractivity contribution in [2.24, 2.45) is 0 Å². The number of carbonyl (C=O) groups excluding carboxylic acids is 2. The zero-order valence-electron chi connectivity index (χ0n) is 14.4. The van der Waals surface area contributed by atoms with Gasteiger partial charge in [-0.2, -0.15) is 0 Å². The number of para-hydroxylation sites is 1. The first-order valence-corrected chi connectivity index (χ1v) is 8.30. The van der Waals surface area contributed by atoms with Crippen molar-refractivity contribution in [1.82, 2.24) is 15.3 Å². The summed E-state index contributed by atoms with van der Waals surface area (Å²) in [5, 5.41) is 5.78. The van der Waals surface area contributed by atoms with Gasteiger partial charge in [0.1, 0.15) is 5.69 Å². The van der Waals surface area contributed by atoms with E-state index in [1.54, 1.807) is 37.3 Å². The molecule has 2 aromatic rings. The number of aromatic nitrogens is 2. The standard InChI is InChI=1S/C18H22N4O3/c1-3-5-11-19-16(23)15-10-12-20-18(22-15)21-14-9-7-6-8-13(14)17(24)25-4-2/h6-10,12H,3-5,11H2,1-2H3,(H,19,23)(H,20,21,22). The number of amides is 1. The van der Waals surface area contributed by atoms with E-state index >= 15 is 0 Å². The summed E-state index contributed by atoms with van der Waals surface area (Å²) >= 11 is 0. The molecule has 0 aliphatic heterocycles. The van der Waals surface area contributed by atoms with Gasteiger partial charge in [0.2, 0.25) is 5.95 Å². The first-order chi connectivity index (χ1) is 12.2. The van der Waals surface area contributed by atoms with Crippen LogP contribution in [0.15, 0.2) is 36.5 Å². The Labute approximate surface area is 146 Å². The Morgan fingerprint density at radius 1 is 1.16 bits per heavy atom. The van der Waals surface area contributed by atoms with Crippen molar-refractivity contribution in [3.8, 4) is 0 Å². The van der Waals surface area contributed by atoms with Crippen LogP contribution in [0.1, 0.15) is 47.5 Å². The fourth-order valence-electron chi connectivity index (χ4n) is 2.11. The van der Waals surface area contributed by atoms with Crippen LogP contribution >= 0.6 is 0 Å². The highest BCUT2D eigenvalue weighted by molar-refractivity contribution is 5.96. The summed E-state index contributed by atoms with van der Waals surface area (Å²) in [6, 6.07) is 8.46. The van der Waals surface area contributed by atoms with Gasteiger partial charge in [0.25, 0.3) is 5.91 Å². The lowest BCUT2D eigenvalue weighted by atomic mass is 10.2. The quantitative estimate of drug-likeness (QED) is 0.566. The van der Waals surface area contributed by atoms with E-state index in [0.717, 1.165) is 12.8 Å². The van der Waals surface area contributed by atoms with Gasteiger partial charge in [-0.25, -0.2) is 14.8 Å². The second-order valence-corrected chi connectivity index (χ2v) is 5.27. The summed E-state index contributed by atoms with van der Waals surface area (Å²) in [4.78, 5) is 32.4. The molecule has 0 saturated heterocycles. The van der Waals surface area contributed by atoms with Crippen molar-refractivity contribution in [2.75, 3.05) is 18.5 Å². The average molecular weight is 342 g/mol. The molecule has 7 nitrogen and oxygen atoms in total. The molecule has 0 bridgehead atoms. The molecule has 0 saturated carbocycles. The molecule has 1 heterocycles. The molecule has 132 valence electrons. The minimum Gasteiger partial charge on any atom is -0.462 e. The maximum Gasteiger partial charge on any atom is 0.340 e. The van der Waals surface area contributed by atoms with Gasteiger partial charge < -0.3 is 15.4 Å². The van der Waals surface area contributed by atoms with E-state index in [1.807, 2.05) is 0 Å². The monoisotopic (exact) mass is 342 g/mol. The van der Waals surface area contributed by atoms with Crippen molar-refractivity contribution < 1.29 is 14.3 Å². The van der Waals surface area contributed by atoms with Gasteiger partial charge in [0, 0.05) is 12.7 Å². The van der Waals surface area contributed by atoms with Crippen LogP contribution in [0.3, 0.4) is 0 Å². The molecule has 25 heavy (non-hydrogen) atoms. The number of nitrogens with one attached hydrogen (secondary N) is 2. The molecule has 1 aromatic carbocycles. The summed E-state index contributed by atoms with van der Waals surface area (Å²) in [5.41, 5.74) is 1.16. The van der Waals surface area contributed by atoms with Gasteiger partial charge in [-0.15, -0.1) is 0 Å². The third-order valence-electron chi connectivity index (χ3n) is 3.37. The molecule has 2 N–H and O–H groups in total. The summed E-state index contributed by atoms with van der Waals surface area (Å²) < 4.78 is 5.04. The zero-order valence-corrected chi connectivity index (χ0v) is 14.4. The summed E-state index contributed by atoms with van der Waals surface area (Å²) in [5.74, 6) is -0.448. The lowest BCUT2D eigenvalue weighted by molar-refractivity contribution is 0.0527. The van der Waals surface area contributed by atoms with E-state index in [-0.39, 0.29) is 24.2 Å². The first-order valence-electron chi connectivity index (χ1n) is 8.30. The highest BCUT2D eigenvalue weighted by Gasteiger charge is 2.14. The third kappa shape index (κ3) is 5.27. The Kier molecular flexibility index (Phi) is 6.88. The van der Waals surface area contributed by atoms with Gasteiger partial charge in [0.05, 0.1) is 17.9 Å². The smallest absolute Gasteiger partial charge is 0.340 e. The number of unbranched alkanes of at least 4 members (excludes halogenated alkanes) is 1. The molecule has 2 rings (SSSR count).